The fraction of sp³-hybridized carbons (Fsp3) is 0.550. The van der Waals surface area contributed by atoms with Crippen molar-refractivity contribution < 1.29 is 14.3 Å². The van der Waals surface area contributed by atoms with Crippen molar-refractivity contribution in [1.82, 2.24) is 25.2 Å². The number of hydrogen-bond donors (Lipinski definition) is 1. The Morgan fingerprint density at radius 3 is 2.75 bits per heavy atom. The molecule has 1 aliphatic rings. The average molecular weight is 387 g/mol. The van der Waals surface area contributed by atoms with Gasteiger partial charge in [0.05, 0.1) is 18.0 Å². The van der Waals surface area contributed by atoms with Gasteiger partial charge in [-0.05, 0) is 63.5 Å². The van der Waals surface area contributed by atoms with Crippen molar-refractivity contribution in [3.05, 3.63) is 35.7 Å². The van der Waals surface area contributed by atoms with Crippen molar-refractivity contribution in [3.8, 4) is 11.4 Å². The second-order valence-corrected chi connectivity index (χ2v) is 7.08. The van der Waals surface area contributed by atoms with Gasteiger partial charge in [0.2, 0.25) is 0 Å². The number of methoxy groups -OCH3 is 1. The van der Waals surface area contributed by atoms with Crippen molar-refractivity contribution in [2.24, 2.45) is 5.92 Å². The number of rotatable bonds is 8. The smallest absolute Gasteiger partial charge is 0.276 e. The number of hydrogen-bond acceptors (Lipinski definition) is 6. The third-order valence-corrected chi connectivity index (χ3v) is 4.91. The lowest BCUT2D eigenvalue weighted by molar-refractivity contribution is 0.0667. The topological polar surface area (TPSA) is 81.5 Å². The fourth-order valence-corrected chi connectivity index (χ4v) is 3.47. The van der Waals surface area contributed by atoms with Gasteiger partial charge >= 0.3 is 0 Å². The van der Waals surface area contributed by atoms with E-state index in [0.29, 0.717) is 30.5 Å². The zero-order chi connectivity index (χ0) is 19.9. The number of amides is 1. The van der Waals surface area contributed by atoms with Gasteiger partial charge in [-0.15, -0.1) is 5.10 Å². The molecule has 1 N–H and O–H groups in total. The van der Waals surface area contributed by atoms with Gasteiger partial charge in [0.15, 0.2) is 5.69 Å². The number of likely N-dealkylation sites (tertiary alicyclic amines) is 1. The van der Waals surface area contributed by atoms with Gasteiger partial charge in [-0.1, -0.05) is 0 Å². The Kier molecular flexibility index (Phi) is 7.00. The molecule has 8 heteroatoms. The van der Waals surface area contributed by atoms with Crippen molar-refractivity contribution in [2.75, 3.05) is 47.0 Å². The number of nitrogens with zero attached hydrogens (tertiary/aromatic N) is 4. The summed E-state index contributed by atoms with van der Waals surface area (Å²) in [5.41, 5.74) is 1.85. The summed E-state index contributed by atoms with van der Waals surface area (Å²) < 4.78 is 10.5. The Hall–Kier alpha value is -2.45. The van der Waals surface area contributed by atoms with Crippen LogP contribution in [0, 0.1) is 12.8 Å². The summed E-state index contributed by atoms with van der Waals surface area (Å²) in [4.78, 5) is 16.4. The zero-order valence-electron chi connectivity index (χ0n) is 16.9. The van der Waals surface area contributed by atoms with E-state index in [1.165, 1.54) is 4.80 Å². The Bertz CT molecular complexity index is 773. The van der Waals surface area contributed by atoms with E-state index in [0.717, 1.165) is 43.9 Å². The lowest BCUT2D eigenvalue weighted by Gasteiger charge is -2.32. The summed E-state index contributed by atoms with van der Waals surface area (Å²) in [6.45, 7) is 5.33. The second-order valence-electron chi connectivity index (χ2n) is 7.08. The number of aryl methyl sites for hydroxylation is 1. The van der Waals surface area contributed by atoms with Crippen molar-refractivity contribution in [2.45, 2.75) is 19.8 Å². The van der Waals surface area contributed by atoms with Crippen LogP contribution in [0.1, 0.15) is 29.0 Å². The first kappa shape index (κ1) is 20.3. The lowest BCUT2D eigenvalue weighted by Crippen LogP contribution is -2.42. The number of nitrogens with one attached hydrogen (secondary N) is 1. The highest BCUT2D eigenvalue weighted by Gasteiger charge is 2.27. The van der Waals surface area contributed by atoms with Crippen LogP contribution in [0.4, 0.5) is 0 Å². The summed E-state index contributed by atoms with van der Waals surface area (Å²) in [5.74, 6) is 1.21. The Morgan fingerprint density at radius 1 is 1.25 bits per heavy atom. The molecular weight excluding hydrogens is 358 g/mol. The first-order valence-corrected chi connectivity index (χ1v) is 9.72. The standard InChI is InChI=1S/C20H29N5O3/c1-15-19(20(26)24-10-4-5-16(14-24)13-21-2)23-25(22-15)17-6-8-18(9-7-17)28-12-11-27-3/h6-9,16,21H,4-5,10-14H2,1-3H3. The van der Waals surface area contributed by atoms with Crippen LogP contribution < -0.4 is 10.1 Å². The van der Waals surface area contributed by atoms with Gasteiger partial charge in [0.1, 0.15) is 12.4 Å². The Labute approximate surface area is 165 Å². The third-order valence-electron chi connectivity index (χ3n) is 4.91. The van der Waals surface area contributed by atoms with Gasteiger partial charge in [-0.25, -0.2) is 0 Å². The highest BCUT2D eigenvalue weighted by atomic mass is 16.5. The molecular formula is C20H29N5O3. The summed E-state index contributed by atoms with van der Waals surface area (Å²) in [5, 5.41) is 12.1. The molecule has 1 saturated heterocycles. The summed E-state index contributed by atoms with van der Waals surface area (Å²) in [6.07, 6.45) is 2.17. The van der Waals surface area contributed by atoms with Crippen LogP contribution in [0.25, 0.3) is 5.69 Å². The Balaban J connectivity index is 1.69. The van der Waals surface area contributed by atoms with Crippen LogP contribution in [-0.2, 0) is 4.74 Å². The predicted octanol–water partition coefficient (Wildman–Crippen LogP) is 1.67. The molecule has 0 aliphatic carbocycles. The number of ether oxygens (including phenoxy) is 2. The minimum Gasteiger partial charge on any atom is -0.491 e. The minimum atomic E-state index is -0.0379. The highest BCUT2D eigenvalue weighted by molar-refractivity contribution is 5.93. The molecule has 1 fully saturated rings. The average Bonchev–Trinajstić information content (AvgIpc) is 3.10. The molecule has 0 radical (unpaired) electrons. The quantitative estimate of drug-likeness (QED) is 0.694. The monoisotopic (exact) mass is 387 g/mol. The summed E-state index contributed by atoms with van der Waals surface area (Å²) >= 11 is 0. The van der Waals surface area contributed by atoms with Gasteiger partial charge in [-0.3, -0.25) is 4.79 Å². The number of aromatic nitrogens is 3. The van der Waals surface area contributed by atoms with Crippen LogP contribution >= 0.6 is 0 Å². The second kappa shape index (κ2) is 9.66. The van der Waals surface area contributed by atoms with Gasteiger partial charge < -0.3 is 19.7 Å². The molecule has 152 valence electrons. The molecule has 8 nitrogen and oxygen atoms in total. The molecule has 1 aromatic heterocycles. The predicted molar refractivity (Wildman–Crippen MR) is 106 cm³/mol. The molecule has 2 heterocycles. The molecule has 1 unspecified atom stereocenters. The number of carbonyl (C=O) groups is 1. The molecule has 3 rings (SSSR count). The third kappa shape index (κ3) is 4.88. The van der Waals surface area contributed by atoms with Crippen LogP contribution in [-0.4, -0.2) is 72.8 Å². The molecule has 0 spiro atoms. The van der Waals surface area contributed by atoms with E-state index >= 15 is 0 Å². The molecule has 1 aliphatic heterocycles. The van der Waals surface area contributed by atoms with E-state index in [4.69, 9.17) is 9.47 Å². The SMILES string of the molecule is CNCC1CCCN(C(=O)c2nn(-c3ccc(OCCOC)cc3)nc2C)C1. The fourth-order valence-electron chi connectivity index (χ4n) is 3.47. The first-order chi connectivity index (χ1) is 13.6. The molecule has 0 bridgehead atoms. The molecule has 1 atom stereocenters. The van der Waals surface area contributed by atoms with Crippen molar-refractivity contribution in [3.63, 3.8) is 0 Å². The van der Waals surface area contributed by atoms with E-state index < -0.39 is 0 Å². The van der Waals surface area contributed by atoms with Gasteiger partial charge in [0, 0.05) is 20.2 Å². The summed E-state index contributed by atoms with van der Waals surface area (Å²) in [7, 11) is 3.59. The lowest BCUT2D eigenvalue weighted by atomic mass is 9.98. The maximum atomic E-state index is 13.0. The van der Waals surface area contributed by atoms with Crippen molar-refractivity contribution in [1.29, 1.82) is 0 Å². The van der Waals surface area contributed by atoms with E-state index in [9.17, 15) is 4.79 Å². The van der Waals surface area contributed by atoms with E-state index in [-0.39, 0.29) is 5.91 Å². The van der Waals surface area contributed by atoms with Crippen LogP contribution in [0.3, 0.4) is 0 Å². The van der Waals surface area contributed by atoms with E-state index in [2.05, 4.69) is 15.5 Å². The van der Waals surface area contributed by atoms with Crippen molar-refractivity contribution >= 4 is 5.91 Å². The largest absolute Gasteiger partial charge is 0.491 e. The van der Waals surface area contributed by atoms with Gasteiger partial charge in [-0.2, -0.15) is 9.90 Å². The van der Waals surface area contributed by atoms with Crippen LogP contribution in [0.5, 0.6) is 5.75 Å². The Morgan fingerprint density at radius 2 is 2.04 bits per heavy atom. The number of benzene rings is 1. The van der Waals surface area contributed by atoms with E-state index in [1.54, 1.807) is 7.11 Å². The number of piperidine rings is 1. The van der Waals surface area contributed by atoms with Crippen LogP contribution in [0.15, 0.2) is 24.3 Å². The molecule has 0 saturated carbocycles. The number of carbonyl (C=O) groups excluding carboxylic acids is 1. The first-order valence-electron chi connectivity index (χ1n) is 9.72. The molecule has 28 heavy (non-hydrogen) atoms. The zero-order valence-corrected chi connectivity index (χ0v) is 16.9. The highest BCUT2D eigenvalue weighted by Crippen LogP contribution is 2.20. The van der Waals surface area contributed by atoms with E-state index in [1.807, 2.05) is 43.1 Å². The molecule has 1 aromatic carbocycles. The minimum absolute atomic E-state index is 0.0379. The van der Waals surface area contributed by atoms with Gasteiger partial charge in [0.25, 0.3) is 5.91 Å². The summed E-state index contributed by atoms with van der Waals surface area (Å²) in [6, 6.07) is 7.47. The normalized spacial score (nSPS) is 17.0. The maximum Gasteiger partial charge on any atom is 0.276 e. The molecule has 1 amide bonds. The molecule has 2 aromatic rings. The van der Waals surface area contributed by atoms with Crippen LogP contribution in [0.2, 0.25) is 0 Å². The maximum absolute atomic E-state index is 13.0.